The lowest BCUT2D eigenvalue weighted by Crippen LogP contribution is -2.59. The molecule has 0 spiro atoms. The average molecular weight is 628 g/mol. The largest absolute Gasteiger partial charge is 0.394 e. The Labute approximate surface area is 260 Å². The van der Waals surface area contributed by atoms with Gasteiger partial charge < -0.3 is 39.9 Å². The molecular weight excluding hydrogens is 588 g/mol. The average Bonchev–Trinajstić information content (AvgIpc) is 3.04. The summed E-state index contributed by atoms with van der Waals surface area (Å²) < 4.78 is 38.0. The molecule has 2 aliphatic rings. The van der Waals surface area contributed by atoms with Crippen LogP contribution in [-0.4, -0.2) is 81.8 Å². The Morgan fingerprint density at radius 3 is 2.11 bits per heavy atom. The zero-order valence-electron chi connectivity index (χ0n) is 24.7. The first kappa shape index (κ1) is 33.1. The molecule has 5 N–H and O–H groups in total. The van der Waals surface area contributed by atoms with Crippen LogP contribution in [-0.2, 0) is 20.7 Å². The second kappa shape index (κ2) is 14.9. The lowest BCUT2D eigenvalue weighted by Gasteiger charge is -2.48. The molecule has 2 saturated heterocycles. The third-order valence-corrected chi connectivity index (χ3v) is 8.67. The number of hydrogen-bond acceptors (Lipinski definition) is 8. The first-order chi connectivity index (χ1) is 21.7. The lowest BCUT2D eigenvalue weighted by molar-refractivity contribution is -0.238. The number of carbonyl (C=O) groups is 1. The Balaban J connectivity index is 1.18. The van der Waals surface area contributed by atoms with Crippen molar-refractivity contribution in [1.29, 1.82) is 0 Å². The lowest BCUT2D eigenvalue weighted by atomic mass is 9.78. The van der Waals surface area contributed by atoms with Crippen molar-refractivity contribution >= 4 is 11.6 Å². The van der Waals surface area contributed by atoms with Gasteiger partial charge in [0, 0.05) is 12.3 Å². The molecule has 0 aliphatic carbocycles. The number of rotatable bonds is 13. The van der Waals surface area contributed by atoms with E-state index in [9.17, 15) is 39.1 Å². The molecule has 0 aromatic heterocycles. The first-order valence-corrected chi connectivity index (χ1v) is 15.2. The number of benzene rings is 3. The third-order valence-electron chi connectivity index (χ3n) is 8.67. The quantitative estimate of drug-likeness (QED) is 0.144. The topological polar surface area (TPSA) is 140 Å². The number of carbonyl (C=O) groups excluding carboxylic acids is 1. The highest BCUT2D eigenvalue weighted by Crippen LogP contribution is 2.46. The fourth-order valence-corrected chi connectivity index (χ4v) is 6.07. The first-order valence-electron chi connectivity index (χ1n) is 15.2. The minimum atomic E-state index is -1.44. The smallest absolute Gasteiger partial charge is 0.233 e. The highest BCUT2D eigenvalue weighted by Gasteiger charge is 2.48. The maximum absolute atomic E-state index is 13.6. The minimum Gasteiger partial charge on any atom is -0.394 e. The summed E-state index contributed by atoms with van der Waals surface area (Å²) in [4.78, 5) is 15.0. The van der Waals surface area contributed by atoms with E-state index in [4.69, 9.17) is 9.47 Å². The van der Waals surface area contributed by atoms with E-state index in [1.807, 2.05) is 24.3 Å². The number of ether oxygens (including phenoxy) is 2. The molecule has 8 unspecified atom stereocenters. The third kappa shape index (κ3) is 7.58. The Morgan fingerprint density at radius 1 is 0.844 bits per heavy atom. The molecule has 8 atom stereocenters. The zero-order chi connectivity index (χ0) is 32.1. The Morgan fingerprint density at radius 2 is 1.47 bits per heavy atom. The SMILES string of the molecule is O=C1C(CCC(O)c2ccc(F)cc2)C(c2ccc(CCCOCC3OC(CO)C(O)C(O)C3O)cc2)N1c1ccc(F)cc1. The minimum absolute atomic E-state index is 0.00738. The fraction of sp³-hybridized carbons (Fsp3) is 0.441. The Bertz CT molecular complexity index is 1390. The van der Waals surface area contributed by atoms with Gasteiger partial charge in [-0.15, -0.1) is 0 Å². The standard InChI is InChI=1S/C34H39F2NO8/c35-23-9-7-21(8-10-23)27(39)16-15-26-30(37(34(26)43)25-13-11-24(36)12-14-25)22-5-3-20(4-6-22)2-1-17-44-19-29-32(41)33(42)31(40)28(18-38)45-29/h3-14,26-33,38-42H,1-2,15-19H2. The molecule has 1 amide bonds. The van der Waals surface area contributed by atoms with Crippen LogP contribution in [0.25, 0.3) is 0 Å². The summed E-state index contributed by atoms with van der Waals surface area (Å²) in [6, 6.07) is 19.0. The molecule has 45 heavy (non-hydrogen) atoms. The molecule has 2 fully saturated rings. The van der Waals surface area contributed by atoms with E-state index >= 15 is 0 Å². The van der Waals surface area contributed by atoms with Gasteiger partial charge in [-0.25, -0.2) is 8.78 Å². The molecule has 11 heteroatoms. The van der Waals surface area contributed by atoms with Crippen molar-refractivity contribution in [3.63, 3.8) is 0 Å². The predicted molar refractivity (Wildman–Crippen MR) is 160 cm³/mol. The monoisotopic (exact) mass is 627 g/mol. The highest BCUT2D eigenvalue weighted by molar-refractivity contribution is 6.03. The summed E-state index contributed by atoms with van der Waals surface area (Å²) in [6.45, 7) is -0.149. The molecule has 3 aromatic rings. The number of aliphatic hydroxyl groups excluding tert-OH is 5. The number of anilines is 1. The number of aliphatic hydroxyl groups is 5. The van der Waals surface area contributed by atoms with Crippen LogP contribution in [0.3, 0.4) is 0 Å². The van der Waals surface area contributed by atoms with Gasteiger partial charge >= 0.3 is 0 Å². The summed E-state index contributed by atoms with van der Waals surface area (Å²) in [5, 5.41) is 50.0. The van der Waals surface area contributed by atoms with Crippen molar-refractivity contribution in [1.82, 2.24) is 0 Å². The van der Waals surface area contributed by atoms with Crippen LogP contribution in [0.2, 0.25) is 0 Å². The normalized spacial score (nSPS) is 27.3. The van der Waals surface area contributed by atoms with Crippen LogP contribution in [0.15, 0.2) is 72.8 Å². The van der Waals surface area contributed by atoms with Crippen molar-refractivity contribution in [2.24, 2.45) is 5.92 Å². The van der Waals surface area contributed by atoms with Crippen LogP contribution in [0, 0.1) is 17.6 Å². The van der Waals surface area contributed by atoms with Crippen LogP contribution in [0.1, 0.15) is 48.1 Å². The summed E-state index contributed by atoms with van der Waals surface area (Å²) in [5.41, 5.74) is 3.11. The number of aryl methyl sites for hydroxylation is 1. The van der Waals surface area contributed by atoms with Gasteiger partial charge in [0.25, 0.3) is 0 Å². The Kier molecular flexibility index (Phi) is 10.9. The molecule has 0 bridgehead atoms. The van der Waals surface area contributed by atoms with Gasteiger partial charge in [0.2, 0.25) is 5.91 Å². The maximum atomic E-state index is 13.6. The van der Waals surface area contributed by atoms with Crippen LogP contribution in [0.5, 0.6) is 0 Å². The molecule has 242 valence electrons. The maximum Gasteiger partial charge on any atom is 0.233 e. The van der Waals surface area contributed by atoms with E-state index in [2.05, 4.69) is 0 Å². The van der Waals surface area contributed by atoms with E-state index in [-0.39, 0.29) is 24.4 Å². The second-order valence-electron chi connectivity index (χ2n) is 11.7. The van der Waals surface area contributed by atoms with E-state index in [0.29, 0.717) is 43.5 Å². The van der Waals surface area contributed by atoms with E-state index < -0.39 is 55.0 Å². The molecule has 5 rings (SSSR count). The second-order valence-corrected chi connectivity index (χ2v) is 11.7. The number of amides is 1. The predicted octanol–water partition coefficient (Wildman–Crippen LogP) is 2.97. The number of hydrogen-bond donors (Lipinski definition) is 5. The van der Waals surface area contributed by atoms with E-state index in [0.717, 1.165) is 11.1 Å². The number of nitrogens with zero attached hydrogens (tertiary/aromatic N) is 1. The highest BCUT2D eigenvalue weighted by atomic mass is 19.1. The summed E-state index contributed by atoms with van der Waals surface area (Å²) in [6.07, 6.45) is -4.80. The van der Waals surface area contributed by atoms with Gasteiger partial charge in [0.1, 0.15) is 42.2 Å². The van der Waals surface area contributed by atoms with Crippen LogP contribution >= 0.6 is 0 Å². The van der Waals surface area contributed by atoms with Crippen molar-refractivity contribution in [2.75, 3.05) is 24.7 Å². The van der Waals surface area contributed by atoms with Crippen molar-refractivity contribution in [2.45, 2.75) is 68.3 Å². The molecular formula is C34H39F2NO8. The molecule has 2 aliphatic heterocycles. The van der Waals surface area contributed by atoms with Gasteiger partial charge in [0.15, 0.2) is 0 Å². The van der Waals surface area contributed by atoms with Crippen molar-refractivity contribution in [3.8, 4) is 0 Å². The van der Waals surface area contributed by atoms with Gasteiger partial charge in [0.05, 0.1) is 31.3 Å². The summed E-state index contributed by atoms with van der Waals surface area (Å²) in [7, 11) is 0. The van der Waals surface area contributed by atoms with Gasteiger partial charge in [-0.2, -0.15) is 0 Å². The fourth-order valence-electron chi connectivity index (χ4n) is 6.07. The van der Waals surface area contributed by atoms with Gasteiger partial charge in [-0.3, -0.25) is 4.79 Å². The molecule has 0 saturated carbocycles. The number of halogens is 2. The van der Waals surface area contributed by atoms with Crippen LogP contribution in [0.4, 0.5) is 14.5 Å². The van der Waals surface area contributed by atoms with Gasteiger partial charge in [-0.05, 0) is 78.8 Å². The van der Waals surface area contributed by atoms with E-state index in [1.54, 1.807) is 17.0 Å². The zero-order valence-corrected chi connectivity index (χ0v) is 24.7. The molecule has 3 aromatic carbocycles. The summed E-state index contributed by atoms with van der Waals surface area (Å²) >= 11 is 0. The number of β-lactam (4-membered cyclic amide) rings is 1. The van der Waals surface area contributed by atoms with Gasteiger partial charge in [-0.1, -0.05) is 36.4 Å². The molecule has 9 nitrogen and oxygen atoms in total. The van der Waals surface area contributed by atoms with Crippen molar-refractivity contribution < 1.29 is 48.6 Å². The van der Waals surface area contributed by atoms with E-state index in [1.165, 1.54) is 36.4 Å². The van der Waals surface area contributed by atoms with Crippen molar-refractivity contribution in [3.05, 3.63) is 101 Å². The molecule has 0 radical (unpaired) electrons. The Hall–Kier alpha value is -3.29. The molecule has 2 heterocycles. The van der Waals surface area contributed by atoms with Crippen LogP contribution < -0.4 is 4.90 Å². The summed E-state index contributed by atoms with van der Waals surface area (Å²) in [5.74, 6) is -1.30.